The van der Waals surface area contributed by atoms with Crippen molar-refractivity contribution in [3.05, 3.63) is 27.7 Å². The molecule has 2 rings (SSSR count). The zero-order valence-electron chi connectivity index (χ0n) is 11.3. The van der Waals surface area contributed by atoms with E-state index in [0.717, 1.165) is 6.08 Å². The summed E-state index contributed by atoms with van der Waals surface area (Å²) in [5, 5.41) is 50.7. The molecule has 1 aliphatic carbocycles. The maximum Gasteiger partial charge on any atom is 0.330 e. The monoisotopic (exact) mass is 415 g/mol. The summed E-state index contributed by atoms with van der Waals surface area (Å²) in [6.07, 6.45) is 0.832. The largest absolute Gasteiger partial charge is 0.429 e. The Hall–Kier alpha value is -1.08. The Kier molecular flexibility index (Phi) is 5.11. The van der Waals surface area contributed by atoms with Crippen LogP contribution in [0.2, 0.25) is 0 Å². The Bertz CT molecular complexity index is 661. The van der Waals surface area contributed by atoms with Gasteiger partial charge in [-0.1, -0.05) is 11.6 Å². The molecule has 0 amide bonds. The number of allylic oxidation sites excluding steroid dienone is 4. The topological polar surface area (TPSA) is 141 Å². The second-order valence-electron chi connectivity index (χ2n) is 4.67. The molecule has 1 aromatic rings. The lowest BCUT2D eigenvalue weighted by atomic mass is 10.1. The lowest BCUT2D eigenvalue weighted by Crippen LogP contribution is -2.58. The first-order chi connectivity index (χ1) is 10.6. The van der Waals surface area contributed by atoms with Crippen LogP contribution < -0.4 is 4.74 Å². The van der Waals surface area contributed by atoms with Crippen molar-refractivity contribution in [1.82, 2.24) is 14.8 Å². The van der Waals surface area contributed by atoms with Crippen LogP contribution in [0.15, 0.2) is 27.7 Å². The zero-order chi connectivity index (χ0) is 17.4. The summed E-state index contributed by atoms with van der Waals surface area (Å²) in [5.74, 6) is -3.76. The highest BCUT2D eigenvalue weighted by Crippen LogP contribution is 2.31. The lowest BCUT2D eigenvalue weighted by molar-refractivity contribution is -0.425. The Morgan fingerprint density at radius 3 is 2.61 bits per heavy atom. The van der Waals surface area contributed by atoms with E-state index in [-0.39, 0.29) is 21.9 Å². The molecule has 12 heteroatoms. The van der Waals surface area contributed by atoms with E-state index in [1.54, 1.807) is 0 Å². The fraction of sp³-hybridized carbons (Fsp3) is 0.455. The molecule has 0 aromatic carbocycles. The summed E-state index contributed by atoms with van der Waals surface area (Å²) in [5.41, 5.74) is -3.09. The first-order valence-electron chi connectivity index (χ1n) is 6.10. The number of aromatic nitrogens is 3. The molecule has 0 spiro atoms. The van der Waals surface area contributed by atoms with Crippen molar-refractivity contribution >= 4 is 27.5 Å². The molecule has 0 aliphatic heterocycles. The molecule has 23 heavy (non-hydrogen) atoms. The van der Waals surface area contributed by atoms with E-state index in [4.69, 9.17) is 16.3 Å². The number of rotatable bonds is 5. The molecule has 1 heterocycles. The minimum Gasteiger partial charge on any atom is -0.429 e. The average Bonchev–Trinajstić information content (AvgIpc) is 2.76. The highest BCUT2D eigenvalue weighted by Gasteiger charge is 2.52. The van der Waals surface area contributed by atoms with Crippen LogP contribution in [0.1, 0.15) is 6.42 Å². The molecule has 0 radical (unpaired) electrons. The van der Waals surface area contributed by atoms with Crippen LogP contribution in [0.25, 0.3) is 0 Å². The second kappa shape index (κ2) is 6.43. The predicted octanol–water partition coefficient (Wildman–Crippen LogP) is -0.564. The van der Waals surface area contributed by atoms with Crippen LogP contribution in [0, 0.1) is 0 Å². The number of ether oxygens (including phenoxy) is 1. The van der Waals surface area contributed by atoms with Gasteiger partial charge in [-0.05, 0) is 28.1 Å². The fourth-order valence-electron chi connectivity index (χ4n) is 1.77. The van der Waals surface area contributed by atoms with Crippen molar-refractivity contribution in [1.29, 1.82) is 0 Å². The highest BCUT2D eigenvalue weighted by atomic mass is 79.9. The molecule has 0 bridgehead atoms. The van der Waals surface area contributed by atoms with Crippen LogP contribution in [0.4, 0.5) is 4.39 Å². The lowest BCUT2D eigenvalue weighted by Gasteiger charge is -2.33. The Morgan fingerprint density at radius 2 is 2.09 bits per heavy atom. The molecule has 1 aliphatic rings. The maximum atomic E-state index is 13.4. The van der Waals surface area contributed by atoms with Gasteiger partial charge in [0.05, 0.1) is 0 Å². The van der Waals surface area contributed by atoms with Gasteiger partial charge in [0.2, 0.25) is 4.73 Å². The van der Waals surface area contributed by atoms with Crippen molar-refractivity contribution in [2.45, 2.75) is 24.3 Å². The summed E-state index contributed by atoms with van der Waals surface area (Å²) in [4.78, 5) is 3.70. The van der Waals surface area contributed by atoms with E-state index in [0.29, 0.717) is 4.68 Å². The van der Waals surface area contributed by atoms with Gasteiger partial charge in [-0.2, -0.15) is 9.67 Å². The molecule has 5 N–H and O–H groups in total. The molecule has 1 aromatic heterocycles. The maximum absolute atomic E-state index is 13.4. The van der Waals surface area contributed by atoms with E-state index in [2.05, 4.69) is 26.0 Å². The Balaban J connectivity index is 2.41. The van der Waals surface area contributed by atoms with Gasteiger partial charge >= 0.3 is 12.0 Å². The van der Waals surface area contributed by atoms with Gasteiger partial charge in [-0.3, -0.25) is 0 Å². The molecule has 128 valence electrons. The number of nitrogens with zero attached hydrogens (tertiary/aromatic N) is 3. The van der Waals surface area contributed by atoms with Gasteiger partial charge in [-0.25, -0.2) is 4.39 Å². The normalized spacial score (nSPS) is 21.5. The number of aliphatic hydroxyl groups excluding tert-OH is 1. The number of alkyl halides is 1. The quantitative estimate of drug-likeness (QED) is 0.402. The fourth-order valence-corrected chi connectivity index (χ4v) is 2.34. The number of halogens is 3. The first-order valence-corrected chi connectivity index (χ1v) is 7.27. The molecular weight excluding hydrogens is 404 g/mol. The molecular formula is C11H12BrClFN3O6. The highest BCUT2D eigenvalue weighted by molar-refractivity contribution is 9.10. The van der Waals surface area contributed by atoms with Crippen molar-refractivity contribution in [3.63, 3.8) is 0 Å². The number of aliphatic hydroxyl groups is 5. The van der Waals surface area contributed by atoms with E-state index < -0.39 is 30.5 Å². The van der Waals surface area contributed by atoms with Gasteiger partial charge < -0.3 is 30.3 Å². The predicted molar refractivity (Wildman–Crippen MR) is 76.5 cm³/mol. The third-order valence-corrected chi connectivity index (χ3v) is 3.49. The van der Waals surface area contributed by atoms with Crippen molar-refractivity contribution in [2.75, 3.05) is 6.61 Å². The third kappa shape index (κ3) is 3.71. The van der Waals surface area contributed by atoms with Gasteiger partial charge in [0.15, 0.2) is 0 Å². The van der Waals surface area contributed by atoms with Crippen molar-refractivity contribution < 1.29 is 34.7 Å². The van der Waals surface area contributed by atoms with Crippen LogP contribution in [-0.2, 0) is 5.72 Å². The summed E-state index contributed by atoms with van der Waals surface area (Å²) < 4.78 is 18.8. The van der Waals surface area contributed by atoms with Crippen molar-refractivity contribution in [3.8, 4) is 6.01 Å². The Labute approximate surface area is 142 Å². The third-order valence-electron chi connectivity index (χ3n) is 2.92. The minimum atomic E-state index is -3.77. The van der Waals surface area contributed by atoms with Gasteiger partial charge in [0, 0.05) is 11.5 Å². The zero-order valence-corrected chi connectivity index (χ0v) is 13.6. The van der Waals surface area contributed by atoms with E-state index in [1.807, 2.05) is 0 Å². The van der Waals surface area contributed by atoms with Gasteiger partial charge in [0.1, 0.15) is 18.5 Å². The van der Waals surface area contributed by atoms with Crippen LogP contribution >= 0.6 is 27.5 Å². The summed E-state index contributed by atoms with van der Waals surface area (Å²) in [6.45, 7) is -1.35. The molecule has 0 saturated heterocycles. The van der Waals surface area contributed by atoms with Gasteiger partial charge in [0.25, 0.3) is 5.72 Å². The molecule has 2 unspecified atom stereocenters. The van der Waals surface area contributed by atoms with Crippen molar-refractivity contribution in [2.24, 2.45) is 0 Å². The molecule has 9 nitrogen and oxygen atoms in total. The molecule has 2 atom stereocenters. The van der Waals surface area contributed by atoms with Crippen LogP contribution in [0.3, 0.4) is 0 Å². The minimum absolute atomic E-state index is 0.00543. The summed E-state index contributed by atoms with van der Waals surface area (Å²) in [6, 6.07) is -0.556. The first kappa shape index (κ1) is 18.3. The number of hydrogen-bond acceptors (Lipinski definition) is 8. The average molecular weight is 417 g/mol. The molecule has 0 fully saturated rings. The van der Waals surface area contributed by atoms with Gasteiger partial charge in [-0.15, -0.1) is 5.10 Å². The SMILES string of the molecule is OCC(O)(n1nc(Br)nc1OC1=CC(Cl)=CC(F)C1)C(O)(O)O. The van der Waals surface area contributed by atoms with E-state index >= 15 is 0 Å². The smallest absolute Gasteiger partial charge is 0.330 e. The molecule has 0 saturated carbocycles. The summed E-state index contributed by atoms with van der Waals surface area (Å²) in [7, 11) is 0. The van der Waals surface area contributed by atoms with E-state index in [9.17, 15) is 29.9 Å². The van der Waals surface area contributed by atoms with Crippen LogP contribution in [-0.4, -0.2) is 59.0 Å². The standard InChI is InChI=1S/C11H12BrClFN3O6/c12-8-15-9(23-7-2-5(13)1-6(14)3-7)17(16-8)10(19,4-18)11(20,21)22/h1-2,6,18-22H,3-4H2. The van der Waals surface area contributed by atoms with Crippen LogP contribution in [0.5, 0.6) is 6.01 Å². The Morgan fingerprint density at radius 1 is 1.43 bits per heavy atom. The summed E-state index contributed by atoms with van der Waals surface area (Å²) >= 11 is 8.58. The van der Waals surface area contributed by atoms with E-state index in [1.165, 1.54) is 6.08 Å². The number of hydrogen-bond donors (Lipinski definition) is 5. The second-order valence-corrected chi connectivity index (χ2v) is 5.82.